The van der Waals surface area contributed by atoms with E-state index in [1.54, 1.807) is 24.3 Å². The van der Waals surface area contributed by atoms with E-state index in [-0.39, 0.29) is 47.9 Å². The quantitative estimate of drug-likeness (QED) is 0.0230. The zero-order chi connectivity index (χ0) is 46.9. The molecule has 0 aliphatic heterocycles. The van der Waals surface area contributed by atoms with Crippen LogP contribution in [0.5, 0.6) is 11.5 Å². The monoisotopic (exact) mass is 911 g/mol. The second kappa shape index (κ2) is 33.7. The van der Waals surface area contributed by atoms with Gasteiger partial charge < -0.3 is 28.4 Å². The summed E-state index contributed by atoms with van der Waals surface area (Å²) in [6, 6.07) is 14.6. The number of carbonyl (C=O) groups is 4. The first-order valence-corrected chi connectivity index (χ1v) is 25.3. The van der Waals surface area contributed by atoms with Crippen molar-refractivity contribution in [2.24, 2.45) is 11.8 Å². The number of ether oxygens (including phenoxy) is 6. The number of hydrogen-bond acceptors (Lipinski definition) is 10. The van der Waals surface area contributed by atoms with E-state index in [0.29, 0.717) is 24.7 Å². The fourth-order valence-corrected chi connectivity index (χ4v) is 8.53. The molecule has 362 valence electrons. The number of esters is 4. The van der Waals surface area contributed by atoms with Crippen molar-refractivity contribution in [1.29, 1.82) is 0 Å². The zero-order valence-corrected chi connectivity index (χ0v) is 39.8. The second-order valence-electron chi connectivity index (χ2n) is 17.9. The molecule has 2 aromatic carbocycles. The van der Waals surface area contributed by atoms with E-state index >= 15 is 0 Å². The van der Waals surface area contributed by atoms with Crippen LogP contribution >= 0.6 is 0 Å². The van der Waals surface area contributed by atoms with Crippen LogP contribution in [0.1, 0.15) is 178 Å². The molecular formula is C56H78O10. The third-order valence-corrected chi connectivity index (χ3v) is 12.6. The van der Waals surface area contributed by atoms with Gasteiger partial charge in [-0.15, -0.1) is 0 Å². The van der Waals surface area contributed by atoms with Crippen molar-refractivity contribution in [2.45, 2.75) is 179 Å². The molecule has 10 nitrogen and oxygen atoms in total. The van der Waals surface area contributed by atoms with Gasteiger partial charge in [-0.05, 0) is 126 Å². The molecule has 0 aromatic heterocycles. The zero-order valence-electron chi connectivity index (χ0n) is 39.8. The van der Waals surface area contributed by atoms with Crippen LogP contribution in [0.25, 0.3) is 0 Å². The normalized spacial score (nSPS) is 18.0. The highest BCUT2D eigenvalue weighted by molar-refractivity contribution is 5.81. The van der Waals surface area contributed by atoms with E-state index in [1.165, 1.54) is 89.2 Å². The molecule has 0 bridgehead atoms. The molecule has 0 saturated heterocycles. The highest BCUT2D eigenvalue weighted by atomic mass is 16.5. The molecule has 0 heterocycles. The molecule has 0 amide bonds. The van der Waals surface area contributed by atoms with Crippen molar-refractivity contribution >= 4 is 23.9 Å². The maximum absolute atomic E-state index is 12.9. The van der Waals surface area contributed by atoms with Gasteiger partial charge in [0.05, 0.1) is 37.3 Å². The molecule has 2 fully saturated rings. The maximum Gasteiger partial charge on any atom is 0.330 e. The average Bonchev–Trinajstić information content (AvgIpc) is 3.34. The molecule has 4 rings (SSSR count). The Bertz CT molecular complexity index is 1630. The minimum Gasteiger partial charge on any atom is -0.463 e. The van der Waals surface area contributed by atoms with Crippen LogP contribution in [0.15, 0.2) is 73.8 Å². The van der Waals surface area contributed by atoms with Gasteiger partial charge in [0.1, 0.15) is 11.5 Å². The summed E-state index contributed by atoms with van der Waals surface area (Å²) in [6.45, 7) is 9.34. The first-order valence-electron chi connectivity index (χ1n) is 25.3. The molecule has 0 unspecified atom stereocenters. The van der Waals surface area contributed by atoms with Crippen LogP contribution in [0, 0.1) is 23.7 Å². The summed E-state index contributed by atoms with van der Waals surface area (Å²) in [7, 11) is 0. The predicted molar refractivity (Wildman–Crippen MR) is 259 cm³/mol. The van der Waals surface area contributed by atoms with Gasteiger partial charge in [-0.1, -0.05) is 115 Å². The summed E-state index contributed by atoms with van der Waals surface area (Å²) >= 11 is 0. The Morgan fingerprint density at radius 3 is 1.02 bits per heavy atom. The third-order valence-electron chi connectivity index (χ3n) is 12.6. The number of carbonyl (C=O) groups excluding carboxylic acids is 4. The lowest BCUT2D eigenvalue weighted by Gasteiger charge is -2.27. The largest absolute Gasteiger partial charge is 0.463 e. The van der Waals surface area contributed by atoms with Gasteiger partial charge in [0.15, 0.2) is 0 Å². The summed E-state index contributed by atoms with van der Waals surface area (Å²) in [6.07, 6.45) is 30.3. The molecule has 0 radical (unpaired) electrons. The fraction of sp³-hybridized carbons (Fsp3) is 0.607. The summed E-state index contributed by atoms with van der Waals surface area (Å²) in [5.74, 6) is 6.11. The molecule has 2 saturated carbocycles. The Hall–Kier alpha value is -4.72. The van der Waals surface area contributed by atoms with Gasteiger partial charge in [0.25, 0.3) is 0 Å². The van der Waals surface area contributed by atoms with E-state index < -0.39 is 0 Å². The molecule has 10 heteroatoms. The second-order valence-corrected chi connectivity index (χ2v) is 17.9. The molecule has 0 atom stereocenters. The Labute approximate surface area is 395 Å². The average molecular weight is 911 g/mol. The lowest BCUT2D eigenvalue weighted by Crippen LogP contribution is -2.29. The first-order chi connectivity index (χ1) is 32.3. The Balaban J connectivity index is 0.983. The smallest absolute Gasteiger partial charge is 0.330 e. The highest BCUT2D eigenvalue weighted by Gasteiger charge is 2.29. The van der Waals surface area contributed by atoms with Crippen molar-refractivity contribution in [3.63, 3.8) is 0 Å². The molecule has 2 aromatic rings. The predicted octanol–water partition coefficient (Wildman–Crippen LogP) is 12.5. The third kappa shape index (κ3) is 23.6. The summed E-state index contributed by atoms with van der Waals surface area (Å²) in [4.78, 5) is 47.9. The van der Waals surface area contributed by atoms with Crippen LogP contribution in [0.2, 0.25) is 0 Å². The number of benzene rings is 2. The molecule has 2 aliphatic carbocycles. The van der Waals surface area contributed by atoms with Crippen LogP contribution in [0.4, 0.5) is 0 Å². The van der Waals surface area contributed by atoms with E-state index in [0.717, 1.165) is 114 Å². The van der Waals surface area contributed by atoms with E-state index in [2.05, 4.69) is 25.0 Å². The molecule has 0 spiro atoms. The molecule has 2 aliphatic rings. The summed E-state index contributed by atoms with van der Waals surface area (Å²) in [5.41, 5.74) is 1.61. The van der Waals surface area contributed by atoms with Gasteiger partial charge in [-0.3, -0.25) is 9.59 Å². The molecule has 66 heavy (non-hydrogen) atoms. The van der Waals surface area contributed by atoms with Crippen LogP contribution < -0.4 is 9.47 Å². The van der Waals surface area contributed by atoms with Gasteiger partial charge in [0, 0.05) is 36.5 Å². The summed E-state index contributed by atoms with van der Waals surface area (Å²) < 4.78 is 33.8. The van der Waals surface area contributed by atoms with E-state index in [4.69, 9.17) is 28.4 Å². The maximum atomic E-state index is 12.9. The van der Waals surface area contributed by atoms with Crippen LogP contribution in [-0.2, 0) is 38.1 Å². The van der Waals surface area contributed by atoms with Gasteiger partial charge >= 0.3 is 23.9 Å². The van der Waals surface area contributed by atoms with E-state index in [1.807, 2.05) is 24.3 Å². The highest BCUT2D eigenvalue weighted by Crippen LogP contribution is 2.30. The molecular weight excluding hydrogens is 833 g/mol. The van der Waals surface area contributed by atoms with Crippen LogP contribution in [-0.4, -0.2) is 62.5 Å². The number of hydrogen-bond donors (Lipinski definition) is 0. The topological polar surface area (TPSA) is 124 Å². The number of unbranched alkanes of at least 4 members (excludes halogenated alkanes) is 16. The lowest BCUT2D eigenvalue weighted by atomic mass is 9.87. The summed E-state index contributed by atoms with van der Waals surface area (Å²) in [5, 5.41) is 0. The van der Waals surface area contributed by atoms with Gasteiger partial charge in [0.2, 0.25) is 0 Å². The van der Waals surface area contributed by atoms with E-state index in [9.17, 15) is 19.2 Å². The first kappa shape index (κ1) is 53.9. The Morgan fingerprint density at radius 2 is 0.712 bits per heavy atom. The number of rotatable bonds is 32. The van der Waals surface area contributed by atoms with Crippen LogP contribution in [0.3, 0.4) is 0 Å². The Morgan fingerprint density at radius 1 is 0.424 bits per heavy atom. The SMILES string of the molecule is C=CC(=O)OCCCCCCCCCCCOC1CCC(C(=O)Oc2ccc(C#Cc3ccc(OC(=O)C4CCC(OCCCCCCCCCCCOC(=O)C=C)CC4)cc3)cc2)CC1. The van der Waals surface area contributed by atoms with Crippen molar-refractivity contribution in [1.82, 2.24) is 0 Å². The van der Waals surface area contributed by atoms with Gasteiger partial charge in [-0.25, -0.2) is 9.59 Å². The van der Waals surface area contributed by atoms with Crippen molar-refractivity contribution in [3.05, 3.63) is 85.0 Å². The minimum absolute atomic E-state index is 0.108. The van der Waals surface area contributed by atoms with Crippen molar-refractivity contribution in [3.8, 4) is 23.3 Å². The standard InChI is InChI=1S/C56H78O10/c1-3-53(57)63-43-21-17-13-9-5-7-11-15-19-41-61-49-37-29-47(30-38-49)55(59)65-51-33-25-45(26-34-51)23-24-46-27-35-52(36-28-46)66-56(60)48-31-39-50(40-32-48)62-42-20-16-12-8-6-10-14-18-22-44-64-54(58)4-2/h3-4,25-28,33-36,47-50H,1-2,5-22,29-32,37-44H2. The Kier molecular flexibility index (Phi) is 27.5. The van der Waals surface area contributed by atoms with Crippen molar-refractivity contribution in [2.75, 3.05) is 26.4 Å². The van der Waals surface area contributed by atoms with Crippen molar-refractivity contribution < 1.29 is 47.6 Å². The fourth-order valence-electron chi connectivity index (χ4n) is 8.53. The lowest BCUT2D eigenvalue weighted by molar-refractivity contribution is -0.142. The van der Waals surface area contributed by atoms with Gasteiger partial charge in [-0.2, -0.15) is 0 Å². The minimum atomic E-state index is -0.342. The molecule has 0 N–H and O–H groups in total.